The van der Waals surface area contributed by atoms with Crippen molar-refractivity contribution in [1.29, 1.82) is 0 Å². The monoisotopic (exact) mass is 240 g/mol. The highest BCUT2D eigenvalue weighted by Crippen LogP contribution is 2.22. The lowest BCUT2D eigenvalue weighted by Crippen LogP contribution is -2.38. The minimum Gasteiger partial charge on any atom is -0.480 e. The van der Waals surface area contributed by atoms with E-state index in [9.17, 15) is 4.79 Å². The Balaban J connectivity index is 3.05. The first kappa shape index (κ1) is 13.2. The maximum Gasteiger partial charge on any atom is 0.262 e. The van der Waals surface area contributed by atoms with Crippen LogP contribution in [-0.4, -0.2) is 42.7 Å². The van der Waals surface area contributed by atoms with Crippen LogP contribution in [0.4, 0.5) is 0 Å². The number of ether oxygens (including phenoxy) is 2. The molecule has 7 heteroatoms. The van der Waals surface area contributed by atoms with Gasteiger partial charge in [-0.25, -0.2) is 9.97 Å². The first-order chi connectivity index (χ1) is 8.13. The number of nitrogens with one attached hydrogen (secondary N) is 1. The summed E-state index contributed by atoms with van der Waals surface area (Å²) in [6.07, 6.45) is 1.26. The van der Waals surface area contributed by atoms with Crippen LogP contribution < -0.4 is 20.5 Å². The van der Waals surface area contributed by atoms with Gasteiger partial charge in [-0.1, -0.05) is 0 Å². The highest BCUT2D eigenvalue weighted by Gasteiger charge is 2.21. The van der Waals surface area contributed by atoms with Gasteiger partial charge in [0, 0.05) is 12.6 Å². The molecule has 0 radical (unpaired) electrons. The average molecular weight is 240 g/mol. The van der Waals surface area contributed by atoms with Crippen molar-refractivity contribution in [2.75, 3.05) is 20.8 Å². The Labute approximate surface area is 99.3 Å². The number of methoxy groups -OCH3 is 2. The molecular weight excluding hydrogens is 224 g/mol. The van der Waals surface area contributed by atoms with Gasteiger partial charge in [-0.3, -0.25) is 4.79 Å². The van der Waals surface area contributed by atoms with Crippen molar-refractivity contribution < 1.29 is 14.3 Å². The van der Waals surface area contributed by atoms with Gasteiger partial charge < -0.3 is 20.5 Å². The molecule has 0 saturated carbocycles. The number of carbonyl (C=O) groups is 1. The summed E-state index contributed by atoms with van der Waals surface area (Å²) >= 11 is 0. The lowest BCUT2D eigenvalue weighted by atomic mass is 10.2. The average Bonchev–Trinajstić information content (AvgIpc) is 2.37. The second-order valence-corrected chi connectivity index (χ2v) is 3.38. The largest absolute Gasteiger partial charge is 0.480 e. The zero-order chi connectivity index (χ0) is 12.8. The molecule has 1 aromatic heterocycles. The lowest BCUT2D eigenvalue weighted by molar-refractivity contribution is 0.0933. The normalized spacial score (nSPS) is 11.8. The fourth-order valence-electron chi connectivity index (χ4n) is 1.21. The minimum atomic E-state index is -0.378. The zero-order valence-electron chi connectivity index (χ0n) is 10.1. The van der Waals surface area contributed by atoms with E-state index < -0.39 is 0 Å². The van der Waals surface area contributed by atoms with E-state index in [0.717, 1.165) is 0 Å². The Morgan fingerprint density at radius 2 is 1.94 bits per heavy atom. The van der Waals surface area contributed by atoms with Crippen molar-refractivity contribution in [2.24, 2.45) is 5.73 Å². The van der Waals surface area contributed by atoms with Crippen LogP contribution in [0.1, 0.15) is 17.3 Å². The number of amides is 1. The summed E-state index contributed by atoms with van der Waals surface area (Å²) in [4.78, 5) is 19.7. The minimum absolute atomic E-state index is 0.155. The molecule has 94 valence electrons. The quantitative estimate of drug-likeness (QED) is 0.724. The molecule has 1 rings (SSSR count). The van der Waals surface area contributed by atoms with E-state index in [4.69, 9.17) is 15.2 Å². The predicted molar refractivity (Wildman–Crippen MR) is 61.1 cm³/mol. The molecule has 1 aromatic rings. The highest BCUT2D eigenvalue weighted by atomic mass is 16.5. The molecule has 0 bridgehead atoms. The van der Waals surface area contributed by atoms with Crippen LogP contribution in [0, 0.1) is 0 Å². The molecule has 7 nitrogen and oxygen atoms in total. The Morgan fingerprint density at radius 1 is 1.41 bits per heavy atom. The van der Waals surface area contributed by atoms with Gasteiger partial charge in [0.2, 0.25) is 11.8 Å². The molecule has 17 heavy (non-hydrogen) atoms. The van der Waals surface area contributed by atoms with Gasteiger partial charge in [-0.15, -0.1) is 0 Å². The zero-order valence-corrected chi connectivity index (χ0v) is 10.1. The van der Waals surface area contributed by atoms with Crippen LogP contribution in [0.3, 0.4) is 0 Å². The van der Waals surface area contributed by atoms with Crippen molar-refractivity contribution in [1.82, 2.24) is 15.3 Å². The summed E-state index contributed by atoms with van der Waals surface area (Å²) in [6.45, 7) is 2.13. The van der Waals surface area contributed by atoms with Crippen LogP contribution in [0.25, 0.3) is 0 Å². The van der Waals surface area contributed by atoms with Gasteiger partial charge in [0.15, 0.2) is 5.56 Å². The van der Waals surface area contributed by atoms with Gasteiger partial charge in [-0.05, 0) is 6.92 Å². The molecule has 0 spiro atoms. The third kappa shape index (κ3) is 3.04. The van der Waals surface area contributed by atoms with Gasteiger partial charge >= 0.3 is 0 Å². The highest BCUT2D eigenvalue weighted by molar-refractivity contribution is 5.98. The number of carbonyl (C=O) groups excluding carboxylic acids is 1. The lowest BCUT2D eigenvalue weighted by Gasteiger charge is -2.14. The van der Waals surface area contributed by atoms with E-state index in [1.165, 1.54) is 20.5 Å². The molecule has 0 aliphatic carbocycles. The van der Waals surface area contributed by atoms with Crippen LogP contribution in [-0.2, 0) is 0 Å². The molecule has 0 aromatic carbocycles. The standard InChI is InChI=1S/C10H16N4O3/c1-6(4-11)14-8(15)7-9(16-2)12-5-13-10(7)17-3/h5-6H,4,11H2,1-3H3,(H,14,15)/t6-/m0/s1. The predicted octanol–water partition coefficient (Wildman–Crippen LogP) is -0.429. The molecule has 0 aliphatic heterocycles. The summed E-state index contributed by atoms with van der Waals surface area (Å²) in [5.74, 6) is -0.0469. The van der Waals surface area contributed by atoms with Gasteiger partial charge in [0.05, 0.1) is 14.2 Å². The third-order valence-corrected chi connectivity index (χ3v) is 2.12. The molecule has 0 fully saturated rings. The van der Waals surface area contributed by atoms with Crippen molar-refractivity contribution in [3.8, 4) is 11.8 Å². The molecule has 3 N–H and O–H groups in total. The fraction of sp³-hybridized carbons (Fsp3) is 0.500. The second-order valence-electron chi connectivity index (χ2n) is 3.38. The number of nitrogens with two attached hydrogens (primary N) is 1. The SMILES string of the molecule is COc1ncnc(OC)c1C(=O)N[C@@H](C)CN. The maximum atomic E-state index is 12.0. The number of hydrogen-bond donors (Lipinski definition) is 2. The van der Waals surface area contributed by atoms with Crippen LogP contribution in [0.2, 0.25) is 0 Å². The molecule has 1 amide bonds. The van der Waals surface area contributed by atoms with E-state index in [1.54, 1.807) is 6.92 Å². The van der Waals surface area contributed by atoms with Crippen molar-refractivity contribution >= 4 is 5.91 Å². The van der Waals surface area contributed by atoms with E-state index in [-0.39, 0.29) is 29.3 Å². The second kappa shape index (κ2) is 6.00. The molecule has 1 heterocycles. The summed E-state index contributed by atoms with van der Waals surface area (Å²) in [6, 6.07) is -0.155. The van der Waals surface area contributed by atoms with Crippen molar-refractivity contribution in [3.05, 3.63) is 11.9 Å². The van der Waals surface area contributed by atoms with Gasteiger partial charge in [0.25, 0.3) is 5.91 Å². The molecule has 1 atom stereocenters. The Kier molecular flexibility index (Phi) is 4.65. The summed E-state index contributed by atoms with van der Waals surface area (Å²) in [5, 5.41) is 2.69. The van der Waals surface area contributed by atoms with Crippen molar-refractivity contribution in [3.63, 3.8) is 0 Å². The van der Waals surface area contributed by atoms with Crippen LogP contribution >= 0.6 is 0 Å². The molecule has 0 unspecified atom stereocenters. The Morgan fingerprint density at radius 3 is 2.35 bits per heavy atom. The Bertz CT molecular complexity index is 375. The van der Waals surface area contributed by atoms with E-state index >= 15 is 0 Å². The number of aromatic nitrogens is 2. The first-order valence-electron chi connectivity index (χ1n) is 5.08. The smallest absolute Gasteiger partial charge is 0.262 e. The number of rotatable bonds is 5. The van der Waals surface area contributed by atoms with E-state index in [2.05, 4.69) is 15.3 Å². The summed E-state index contributed by atoms with van der Waals surface area (Å²) in [7, 11) is 2.84. The van der Waals surface area contributed by atoms with Crippen LogP contribution in [0.15, 0.2) is 6.33 Å². The third-order valence-electron chi connectivity index (χ3n) is 2.12. The van der Waals surface area contributed by atoms with E-state index in [1.807, 2.05) is 0 Å². The molecular formula is C10H16N4O3. The van der Waals surface area contributed by atoms with Gasteiger partial charge in [-0.2, -0.15) is 0 Å². The number of nitrogens with zero attached hydrogens (tertiary/aromatic N) is 2. The summed E-state index contributed by atoms with van der Waals surface area (Å²) < 4.78 is 10.0. The van der Waals surface area contributed by atoms with Gasteiger partial charge in [0.1, 0.15) is 6.33 Å². The molecule has 0 aliphatic rings. The van der Waals surface area contributed by atoms with Crippen LogP contribution in [0.5, 0.6) is 11.8 Å². The first-order valence-corrected chi connectivity index (χ1v) is 5.08. The topological polar surface area (TPSA) is 99.4 Å². The number of hydrogen-bond acceptors (Lipinski definition) is 6. The summed E-state index contributed by atoms with van der Waals surface area (Å²) in [5.41, 5.74) is 5.60. The fourth-order valence-corrected chi connectivity index (χ4v) is 1.21. The molecule has 0 saturated heterocycles. The Hall–Kier alpha value is -1.89. The van der Waals surface area contributed by atoms with E-state index in [0.29, 0.717) is 6.54 Å². The van der Waals surface area contributed by atoms with Crippen molar-refractivity contribution in [2.45, 2.75) is 13.0 Å². The maximum absolute atomic E-state index is 12.0.